The zero-order chi connectivity index (χ0) is 21.1. The van der Waals surface area contributed by atoms with E-state index in [4.69, 9.17) is 0 Å². The van der Waals surface area contributed by atoms with Crippen molar-refractivity contribution in [2.45, 2.75) is 95.6 Å². The molecule has 0 saturated heterocycles. The first kappa shape index (κ1) is 26.0. The number of halogens is 7. The fourth-order valence-electron chi connectivity index (χ4n) is 2.78. The fourth-order valence-corrected chi connectivity index (χ4v) is 2.78. The summed E-state index contributed by atoms with van der Waals surface area (Å²) in [6.07, 6.45) is -2.10. The Morgan fingerprint density at radius 2 is 1.00 bits per heavy atom. The molecule has 0 spiro atoms. The molecule has 0 aromatic heterocycles. The number of hydrogen-bond acceptors (Lipinski definition) is 1. The molecule has 27 heavy (non-hydrogen) atoms. The van der Waals surface area contributed by atoms with Crippen LogP contribution in [0.5, 0.6) is 0 Å². The zero-order valence-corrected chi connectivity index (χ0v) is 16.0. The Morgan fingerprint density at radius 1 is 0.667 bits per heavy atom. The van der Waals surface area contributed by atoms with Crippen LogP contribution < -0.4 is 0 Å². The molecule has 162 valence electrons. The number of carbonyl (C=O) groups is 1. The number of nitrogens with zero attached hydrogens (tertiary/aromatic N) is 1. The Kier molecular flexibility index (Phi) is 11.3. The van der Waals surface area contributed by atoms with Crippen LogP contribution in [0.3, 0.4) is 0 Å². The minimum absolute atomic E-state index is 0.175. The van der Waals surface area contributed by atoms with Gasteiger partial charge in [-0.25, -0.2) is 4.39 Å². The van der Waals surface area contributed by atoms with Crippen LogP contribution >= 0.6 is 0 Å². The molecule has 0 rings (SSSR count). The lowest BCUT2D eigenvalue weighted by molar-refractivity contribution is -0.328. The molecular weight excluding hydrogens is 379 g/mol. The SMILES string of the molecule is CCCCCCCCCCCCCN(C)C(=O)C(F)(C(F)(F)F)C(F)(F)F. The van der Waals surface area contributed by atoms with E-state index < -0.39 is 23.9 Å². The van der Waals surface area contributed by atoms with Crippen LogP contribution in [0, 0.1) is 0 Å². The van der Waals surface area contributed by atoms with E-state index in [2.05, 4.69) is 6.92 Å². The lowest BCUT2D eigenvalue weighted by atomic mass is 10.0. The molecule has 2 nitrogen and oxygen atoms in total. The topological polar surface area (TPSA) is 20.3 Å². The number of alkyl halides is 7. The van der Waals surface area contributed by atoms with Crippen LogP contribution in [0.25, 0.3) is 0 Å². The van der Waals surface area contributed by atoms with Crippen molar-refractivity contribution in [1.82, 2.24) is 4.90 Å². The quantitative estimate of drug-likeness (QED) is 0.248. The average Bonchev–Trinajstić information content (AvgIpc) is 2.56. The second-order valence-corrected chi connectivity index (χ2v) is 6.92. The highest BCUT2D eigenvalue weighted by molar-refractivity contribution is 5.87. The summed E-state index contributed by atoms with van der Waals surface area (Å²) in [5.74, 6) is -2.62. The Balaban J connectivity index is 4.14. The normalized spacial score (nSPS) is 13.1. The number of carbonyl (C=O) groups excluding carboxylic acids is 1. The van der Waals surface area contributed by atoms with Crippen LogP contribution in [0.15, 0.2) is 0 Å². The van der Waals surface area contributed by atoms with Gasteiger partial charge >= 0.3 is 18.0 Å². The molecule has 0 aromatic carbocycles. The van der Waals surface area contributed by atoms with Gasteiger partial charge < -0.3 is 4.90 Å². The molecule has 0 aromatic rings. The standard InChI is InChI=1S/C18H30F7NO/c1-3-4-5-6-7-8-9-10-11-12-13-14-26(2)15(27)16(19,17(20,21)22)18(23,24)25/h3-14H2,1-2H3. The van der Waals surface area contributed by atoms with Crippen molar-refractivity contribution in [3.05, 3.63) is 0 Å². The molecule has 0 aliphatic rings. The lowest BCUT2D eigenvalue weighted by Gasteiger charge is -2.32. The molecule has 0 radical (unpaired) electrons. The van der Waals surface area contributed by atoms with E-state index in [1.807, 2.05) is 0 Å². The molecule has 0 saturated carbocycles. The third-order valence-electron chi connectivity index (χ3n) is 4.52. The fraction of sp³-hybridized carbons (Fsp3) is 0.944. The highest BCUT2D eigenvalue weighted by atomic mass is 19.4. The Morgan fingerprint density at radius 3 is 1.33 bits per heavy atom. The first-order valence-corrected chi connectivity index (χ1v) is 9.47. The summed E-state index contributed by atoms with van der Waals surface area (Å²) in [5.41, 5.74) is -5.87. The second-order valence-electron chi connectivity index (χ2n) is 6.92. The first-order chi connectivity index (χ1) is 12.4. The summed E-state index contributed by atoms with van der Waals surface area (Å²) in [4.78, 5) is 11.7. The van der Waals surface area contributed by atoms with Crippen molar-refractivity contribution in [1.29, 1.82) is 0 Å². The van der Waals surface area contributed by atoms with Gasteiger partial charge in [-0.15, -0.1) is 0 Å². The van der Waals surface area contributed by atoms with Crippen molar-refractivity contribution in [2.24, 2.45) is 0 Å². The Labute approximate surface area is 156 Å². The Hall–Kier alpha value is -1.02. The summed E-state index contributed by atoms with van der Waals surface area (Å²) >= 11 is 0. The highest BCUT2D eigenvalue weighted by Gasteiger charge is 2.78. The van der Waals surface area contributed by atoms with Gasteiger partial charge in [-0.1, -0.05) is 71.1 Å². The molecule has 0 heterocycles. The third-order valence-corrected chi connectivity index (χ3v) is 4.52. The van der Waals surface area contributed by atoms with Crippen molar-refractivity contribution in [3.8, 4) is 0 Å². The predicted molar refractivity (Wildman–Crippen MR) is 90.0 cm³/mol. The van der Waals surface area contributed by atoms with Gasteiger partial charge in [0.05, 0.1) is 0 Å². The van der Waals surface area contributed by atoms with E-state index in [0.717, 1.165) is 39.2 Å². The van der Waals surface area contributed by atoms with Gasteiger partial charge in [-0.05, 0) is 6.42 Å². The number of amides is 1. The van der Waals surface area contributed by atoms with Crippen LogP contribution in [0.4, 0.5) is 30.7 Å². The average molecular weight is 409 g/mol. The molecule has 0 aliphatic heterocycles. The van der Waals surface area contributed by atoms with E-state index >= 15 is 0 Å². The van der Waals surface area contributed by atoms with Gasteiger partial charge in [0, 0.05) is 13.6 Å². The molecule has 0 unspecified atom stereocenters. The van der Waals surface area contributed by atoms with E-state index in [0.29, 0.717) is 6.42 Å². The third kappa shape index (κ3) is 8.25. The van der Waals surface area contributed by atoms with Gasteiger partial charge in [0.2, 0.25) is 0 Å². The maximum atomic E-state index is 13.6. The largest absolute Gasteiger partial charge is 0.441 e. The van der Waals surface area contributed by atoms with Crippen molar-refractivity contribution in [3.63, 3.8) is 0 Å². The summed E-state index contributed by atoms with van der Waals surface area (Å²) in [7, 11) is 0.754. The molecule has 0 aliphatic carbocycles. The van der Waals surface area contributed by atoms with Crippen LogP contribution in [-0.4, -0.2) is 42.4 Å². The lowest BCUT2D eigenvalue weighted by Crippen LogP contribution is -2.62. The zero-order valence-electron chi connectivity index (χ0n) is 16.0. The maximum Gasteiger partial charge on any atom is 0.441 e. The van der Waals surface area contributed by atoms with Crippen molar-refractivity contribution >= 4 is 5.91 Å². The highest BCUT2D eigenvalue weighted by Crippen LogP contribution is 2.47. The van der Waals surface area contributed by atoms with Gasteiger partial charge in [-0.3, -0.25) is 4.79 Å². The van der Waals surface area contributed by atoms with E-state index in [-0.39, 0.29) is 17.9 Å². The maximum absolute atomic E-state index is 13.6. The van der Waals surface area contributed by atoms with E-state index in [9.17, 15) is 35.5 Å². The summed E-state index contributed by atoms with van der Waals surface area (Å²) in [6.45, 7) is 1.79. The van der Waals surface area contributed by atoms with Gasteiger partial charge in [0.25, 0.3) is 5.91 Å². The van der Waals surface area contributed by atoms with Gasteiger partial charge in [-0.2, -0.15) is 26.3 Å². The van der Waals surface area contributed by atoms with Crippen LogP contribution in [0.1, 0.15) is 77.6 Å². The number of hydrogen-bond donors (Lipinski definition) is 0. The van der Waals surface area contributed by atoms with Crippen molar-refractivity contribution in [2.75, 3.05) is 13.6 Å². The van der Waals surface area contributed by atoms with Crippen LogP contribution in [0.2, 0.25) is 0 Å². The Bertz CT molecular complexity index is 407. The van der Waals surface area contributed by atoms with Gasteiger partial charge in [0.15, 0.2) is 0 Å². The van der Waals surface area contributed by atoms with E-state index in [1.165, 1.54) is 25.7 Å². The molecule has 1 amide bonds. The summed E-state index contributed by atoms with van der Waals surface area (Å²) < 4.78 is 88.8. The summed E-state index contributed by atoms with van der Waals surface area (Å²) in [5, 5.41) is 0. The molecule has 0 bridgehead atoms. The molecular formula is C18H30F7NO. The minimum atomic E-state index is -6.35. The first-order valence-electron chi connectivity index (χ1n) is 9.47. The predicted octanol–water partition coefficient (Wildman–Crippen LogP) is 6.59. The minimum Gasteiger partial charge on any atom is -0.342 e. The smallest absolute Gasteiger partial charge is 0.342 e. The molecule has 9 heteroatoms. The number of rotatable bonds is 13. The monoisotopic (exact) mass is 409 g/mol. The molecule has 0 N–H and O–H groups in total. The molecule has 0 fully saturated rings. The molecule has 0 atom stereocenters. The second kappa shape index (κ2) is 11.7. The van der Waals surface area contributed by atoms with Crippen LogP contribution in [-0.2, 0) is 4.79 Å². The van der Waals surface area contributed by atoms with Gasteiger partial charge in [0.1, 0.15) is 0 Å². The summed E-state index contributed by atoms with van der Waals surface area (Å²) in [6, 6.07) is 0. The van der Waals surface area contributed by atoms with Crippen molar-refractivity contribution < 1.29 is 35.5 Å². The van der Waals surface area contributed by atoms with E-state index in [1.54, 1.807) is 0 Å². The number of unbranched alkanes of at least 4 members (excludes halogenated alkanes) is 10.